The number of benzene rings is 1. The van der Waals surface area contributed by atoms with Crippen LogP contribution >= 0.6 is 0 Å². The molecule has 3 rings (SSSR count). The third-order valence-electron chi connectivity index (χ3n) is 3.82. The summed E-state index contributed by atoms with van der Waals surface area (Å²) in [6, 6.07) is 13.0. The number of amides is 1. The third-order valence-corrected chi connectivity index (χ3v) is 3.82. The molecule has 0 radical (unpaired) electrons. The van der Waals surface area contributed by atoms with Gasteiger partial charge in [0.2, 0.25) is 0 Å². The Bertz CT molecular complexity index is 916. The standard InChI is InChI=1S/C18H17N3O2/c1-12-7-6-10-21-16(12)19-11-15(18(21)23)17(22)20-13(2)14-8-4-3-5-9-14/h3-11,13H,1-2H3,(H,20,22). The highest BCUT2D eigenvalue weighted by Gasteiger charge is 2.16. The normalized spacial score (nSPS) is 12.1. The lowest BCUT2D eigenvalue weighted by atomic mass is 10.1. The molecule has 0 aliphatic rings. The molecule has 3 aromatic rings. The first kappa shape index (κ1) is 15.0. The van der Waals surface area contributed by atoms with Gasteiger partial charge in [0.15, 0.2) is 0 Å². The minimum absolute atomic E-state index is 0.0379. The van der Waals surface area contributed by atoms with Crippen molar-refractivity contribution in [2.45, 2.75) is 19.9 Å². The topological polar surface area (TPSA) is 63.5 Å². The van der Waals surface area contributed by atoms with Crippen LogP contribution in [-0.4, -0.2) is 15.3 Å². The van der Waals surface area contributed by atoms with E-state index < -0.39 is 5.91 Å². The van der Waals surface area contributed by atoms with Gasteiger partial charge in [-0.25, -0.2) is 4.98 Å². The first-order chi connectivity index (χ1) is 11.1. The van der Waals surface area contributed by atoms with Gasteiger partial charge in [0.1, 0.15) is 11.2 Å². The van der Waals surface area contributed by atoms with Crippen LogP contribution in [0, 0.1) is 6.92 Å². The predicted molar refractivity (Wildman–Crippen MR) is 88.5 cm³/mol. The van der Waals surface area contributed by atoms with Crippen molar-refractivity contribution in [1.82, 2.24) is 14.7 Å². The molecule has 0 spiro atoms. The summed E-state index contributed by atoms with van der Waals surface area (Å²) in [4.78, 5) is 29.2. The lowest BCUT2D eigenvalue weighted by Gasteiger charge is -2.14. The van der Waals surface area contributed by atoms with Gasteiger partial charge in [-0.3, -0.25) is 14.0 Å². The average Bonchev–Trinajstić information content (AvgIpc) is 2.56. The maximum Gasteiger partial charge on any atom is 0.270 e. The largest absolute Gasteiger partial charge is 0.345 e. The van der Waals surface area contributed by atoms with Crippen LogP contribution < -0.4 is 10.9 Å². The fraction of sp³-hybridized carbons (Fsp3) is 0.167. The lowest BCUT2D eigenvalue weighted by Crippen LogP contribution is -2.33. The van der Waals surface area contributed by atoms with Gasteiger partial charge in [-0.1, -0.05) is 36.4 Å². The van der Waals surface area contributed by atoms with E-state index in [9.17, 15) is 9.59 Å². The summed E-state index contributed by atoms with van der Waals surface area (Å²) >= 11 is 0. The number of aromatic nitrogens is 2. The Labute approximate surface area is 133 Å². The van der Waals surface area contributed by atoms with Crippen LogP contribution in [0.4, 0.5) is 0 Å². The second-order valence-corrected chi connectivity index (χ2v) is 5.47. The summed E-state index contributed by atoms with van der Waals surface area (Å²) < 4.78 is 1.40. The molecule has 2 aromatic heterocycles. The number of aryl methyl sites for hydroxylation is 1. The molecule has 116 valence electrons. The van der Waals surface area contributed by atoms with Crippen LogP contribution in [-0.2, 0) is 0 Å². The molecule has 5 heteroatoms. The smallest absolute Gasteiger partial charge is 0.270 e. The van der Waals surface area contributed by atoms with E-state index in [4.69, 9.17) is 0 Å². The number of nitrogens with zero attached hydrogens (tertiary/aromatic N) is 2. The molecule has 1 atom stereocenters. The highest BCUT2D eigenvalue weighted by molar-refractivity contribution is 5.94. The average molecular weight is 307 g/mol. The Morgan fingerprint density at radius 1 is 1.17 bits per heavy atom. The monoisotopic (exact) mass is 307 g/mol. The van der Waals surface area contributed by atoms with E-state index in [0.717, 1.165) is 11.1 Å². The van der Waals surface area contributed by atoms with E-state index >= 15 is 0 Å². The van der Waals surface area contributed by atoms with Gasteiger partial charge in [0.05, 0.1) is 6.04 Å². The lowest BCUT2D eigenvalue weighted by molar-refractivity contribution is 0.0938. The van der Waals surface area contributed by atoms with E-state index in [-0.39, 0.29) is 17.2 Å². The molecule has 1 N–H and O–H groups in total. The summed E-state index contributed by atoms with van der Waals surface area (Å²) in [7, 11) is 0. The highest BCUT2D eigenvalue weighted by Crippen LogP contribution is 2.12. The van der Waals surface area contributed by atoms with Crippen LogP contribution in [0.25, 0.3) is 5.65 Å². The molecule has 0 bridgehead atoms. The van der Waals surface area contributed by atoms with Crippen LogP contribution in [0.3, 0.4) is 0 Å². The SMILES string of the molecule is Cc1cccn2c(=O)c(C(=O)NC(C)c3ccccc3)cnc12. The number of nitrogens with one attached hydrogen (secondary N) is 1. The maximum atomic E-state index is 12.5. The molecular formula is C18H17N3O2. The molecule has 0 aliphatic carbocycles. The molecule has 1 unspecified atom stereocenters. The van der Waals surface area contributed by atoms with E-state index in [2.05, 4.69) is 10.3 Å². The number of rotatable bonds is 3. The molecular weight excluding hydrogens is 290 g/mol. The summed E-state index contributed by atoms with van der Waals surface area (Å²) in [5.41, 5.74) is 2.09. The van der Waals surface area contributed by atoms with E-state index in [1.54, 1.807) is 12.3 Å². The summed E-state index contributed by atoms with van der Waals surface area (Å²) in [6.07, 6.45) is 2.97. The van der Waals surface area contributed by atoms with Gasteiger partial charge in [-0.2, -0.15) is 0 Å². The zero-order valence-electron chi connectivity index (χ0n) is 13.0. The molecule has 0 aliphatic heterocycles. The minimum atomic E-state index is -0.422. The first-order valence-electron chi connectivity index (χ1n) is 7.40. The number of carbonyl (C=O) groups is 1. The van der Waals surface area contributed by atoms with E-state index in [0.29, 0.717) is 5.65 Å². The number of fused-ring (bicyclic) bond motifs is 1. The quantitative estimate of drug-likeness (QED) is 0.808. The van der Waals surface area contributed by atoms with Crippen LogP contribution in [0.5, 0.6) is 0 Å². The Morgan fingerprint density at radius 3 is 2.65 bits per heavy atom. The second kappa shape index (κ2) is 6.04. The van der Waals surface area contributed by atoms with Crippen molar-refractivity contribution in [2.24, 2.45) is 0 Å². The summed E-state index contributed by atoms with van der Waals surface area (Å²) in [5, 5.41) is 2.84. The predicted octanol–water partition coefficient (Wildman–Crippen LogP) is 2.49. The van der Waals surface area contributed by atoms with Gasteiger partial charge in [0.25, 0.3) is 11.5 Å². The van der Waals surface area contributed by atoms with Gasteiger partial charge in [-0.05, 0) is 31.0 Å². The minimum Gasteiger partial charge on any atom is -0.345 e. The van der Waals surface area contributed by atoms with Gasteiger partial charge in [0, 0.05) is 12.4 Å². The van der Waals surface area contributed by atoms with Crippen LogP contribution in [0.2, 0.25) is 0 Å². The molecule has 2 heterocycles. The molecule has 5 nitrogen and oxygen atoms in total. The van der Waals surface area contributed by atoms with E-state index in [1.807, 2.05) is 50.2 Å². The fourth-order valence-corrected chi connectivity index (χ4v) is 2.50. The van der Waals surface area contributed by atoms with Crippen LogP contribution in [0.15, 0.2) is 59.7 Å². The van der Waals surface area contributed by atoms with Crippen molar-refractivity contribution in [3.05, 3.63) is 81.9 Å². The molecule has 0 fully saturated rings. The Hall–Kier alpha value is -2.95. The van der Waals surface area contributed by atoms with Gasteiger partial charge >= 0.3 is 0 Å². The van der Waals surface area contributed by atoms with Crippen molar-refractivity contribution in [3.63, 3.8) is 0 Å². The summed E-state index contributed by atoms with van der Waals surface area (Å²) in [6.45, 7) is 3.75. The van der Waals surface area contributed by atoms with Crippen molar-refractivity contribution in [1.29, 1.82) is 0 Å². The van der Waals surface area contributed by atoms with Crippen molar-refractivity contribution in [3.8, 4) is 0 Å². The first-order valence-corrected chi connectivity index (χ1v) is 7.40. The molecule has 0 saturated carbocycles. The Balaban J connectivity index is 1.93. The number of carbonyl (C=O) groups excluding carboxylic acids is 1. The molecule has 1 amide bonds. The molecule has 1 aromatic carbocycles. The molecule has 0 saturated heterocycles. The van der Waals surface area contributed by atoms with Crippen molar-refractivity contribution >= 4 is 11.6 Å². The van der Waals surface area contributed by atoms with Gasteiger partial charge in [-0.15, -0.1) is 0 Å². The molecule has 23 heavy (non-hydrogen) atoms. The van der Waals surface area contributed by atoms with E-state index in [1.165, 1.54) is 10.6 Å². The number of pyridine rings is 1. The van der Waals surface area contributed by atoms with Crippen molar-refractivity contribution < 1.29 is 4.79 Å². The number of hydrogen-bond donors (Lipinski definition) is 1. The Morgan fingerprint density at radius 2 is 1.91 bits per heavy atom. The second-order valence-electron chi connectivity index (χ2n) is 5.47. The van der Waals surface area contributed by atoms with Crippen LogP contribution in [0.1, 0.15) is 34.5 Å². The maximum absolute atomic E-state index is 12.5. The third kappa shape index (κ3) is 2.85. The van der Waals surface area contributed by atoms with Gasteiger partial charge < -0.3 is 5.32 Å². The highest BCUT2D eigenvalue weighted by atomic mass is 16.2. The zero-order chi connectivity index (χ0) is 16.4. The van der Waals surface area contributed by atoms with Crippen molar-refractivity contribution in [2.75, 3.05) is 0 Å². The number of hydrogen-bond acceptors (Lipinski definition) is 3. The summed E-state index contributed by atoms with van der Waals surface area (Å²) in [5.74, 6) is -0.422. The fourth-order valence-electron chi connectivity index (χ4n) is 2.50. The zero-order valence-corrected chi connectivity index (χ0v) is 13.0. The Kier molecular flexibility index (Phi) is 3.93.